The Morgan fingerprint density at radius 3 is 2.23 bits per heavy atom. The fraction of sp³-hybridized carbons (Fsp3) is 0.125. The third-order valence-corrected chi connectivity index (χ3v) is 4.88. The number of hydrogen-bond donors (Lipinski definition) is 1. The van der Waals surface area contributed by atoms with E-state index in [0.717, 1.165) is 21.1 Å². The number of carbonyl (C=O) groups is 2. The molecule has 2 aromatic rings. The van der Waals surface area contributed by atoms with Crippen molar-refractivity contribution >= 4 is 51.0 Å². The highest BCUT2D eigenvalue weighted by molar-refractivity contribution is 9.10. The molecule has 1 unspecified atom stereocenters. The minimum Gasteiger partial charge on any atom is -0.480 e. The molecule has 0 aromatic heterocycles. The van der Waals surface area contributed by atoms with Crippen LogP contribution in [0.3, 0.4) is 0 Å². The van der Waals surface area contributed by atoms with Gasteiger partial charge in [0.05, 0.1) is 0 Å². The Kier molecular flexibility index (Phi) is 6.06. The molecule has 0 amide bonds. The smallest absolute Gasteiger partial charge is 0.317 e. The number of carboxylic acids is 1. The molecule has 0 spiro atoms. The molecule has 1 N–H and O–H groups in total. The van der Waals surface area contributed by atoms with Gasteiger partial charge in [0.15, 0.2) is 5.78 Å². The molecule has 0 saturated carbocycles. The molecule has 0 aliphatic carbocycles. The standard InChI is InChI=1S/C16H12BrClO3S/c17-11-3-7-13(8-4-11)22-15(16(20)21)9-14(19)10-1-5-12(18)6-2-10/h1-8,15H,9H2,(H,20,21). The number of rotatable bonds is 6. The maximum absolute atomic E-state index is 12.2. The molecule has 0 saturated heterocycles. The molecule has 114 valence electrons. The Hall–Kier alpha value is -1.30. The van der Waals surface area contributed by atoms with Gasteiger partial charge in [0.2, 0.25) is 0 Å². The van der Waals surface area contributed by atoms with Crippen molar-refractivity contribution in [2.45, 2.75) is 16.6 Å². The molecular formula is C16H12BrClO3S. The van der Waals surface area contributed by atoms with E-state index in [-0.39, 0.29) is 12.2 Å². The van der Waals surface area contributed by atoms with Crippen molar-refractivity contribution in [2.75, 3.05) is 0 Å². The van der Waals surface area contributed by atoms with Crippen LogP contribution in [0.15, 0.2) is 57.9 Å². The molecule has 0 bridgehead atoms. The fourth-order valence-electron chi connectivity index (χ4n) is 1.78. The van der Waals surface area contributed by atoms with Crippen molar-refractivity contribution in [3.63, 3.8) is 0 Å². The van der Waals surface area contributed by atoms with E-state index < -0.39 is 11.2 Å². The maximum Gasteiger partial charge on any atom is 0.317 e. The Bertz CT molecular complexity index is 671. The van der Waals surface area contributed by atoms with Crippen LogP contribution in [-0.2, 0) is 4.79 Å². The van der Waals surface area contributed by atoms with Crippen molar-refractivity contribution in [1.82, 2.24) is 0 Å². The second-order valence-corrected chi connectivity index (χ2v) is 7.16. The molecule has 0 fully saturated rings. The summed E-state index contributed by atoms with van der Waals surface area (Å²) in [6.45, 7) is 0. The van der Waals surface area contributed by atoms with E-state index >= 15 is 0 Å². The first-order valence-corrected chi connectivity index (χ1v) is 8.44. The number of thioether (sulfide) groups is 1. The van der Waals surface area contributed by atoms with Crippen molar-refractivity contribution in [1.29, 1.82) is 0 Å². The van der Waals surface area contributed by atoms with E-state index in [4.69, 9.17) is 11.6 Å². The molecule has 2 rings (SSSR count). The van der Waals surface area contributed by atoms with Gasteiger partial charge < -0.3 is 5.11 Å². The summed E-state index contributed by atoms with van der Waals surface area (Å²) in [5.41, 5.74) is 0.465. The topological polar surface area (TPSA) is 54.4 Å². The van der Waals surface area contributed by atoms with E-state index in [1.165, 1.54) is 0 Å². The number of benzene rings is 2. The van der Waals surface area contributed by atoms with Crippen LogP contribution in [-0.4, -0.2) is 22.1 Å². The molecule has 0 aliphatic heterocycles. The van der Waals surface area contributed by atoms with Gasteiger partial charge >= 0.3 is 5.97 Å². The van der Waals surface area contributed by atoms with Gasteiger partial charge in [-0.05, 0) is 48.5 Å². The zero-order valence-corrected chi connectivity index (χ0v) is 14.5. The molecule has 0 heterocycles. The lowest BCUT2D eigenvalue weighted by Crippen LogP contribution is -2.20. The van der Waals surface area contributed by atoms with Gasteiger partial charge in [0.25, 0.3) is 0 Å². The molecule has 3 nitrogen and oxygen atoms in total. The second-order valence-electron chi connectivity index (χ2n) is 4.53. The summed E-state index contributed by atoms with van der Waals surface area (Å²) < 4.78 is 0.918. The van der Waals surface area contributed by atoms with Gasteiger partial charge in [-0.3, -0.25) is 9.59 Å². The highest BCUT2D eigenvalue weighted by Gasteiger charge is 2.23. The first-order valence-electron chi connectivity index (χ1n) is 6.39. The Labute approximate surface area is 145 Å². The normalized spacial score (nSPS) is 11.9. The van der Waals surface area contributed by atoms with Crippen LogP contribution in [0.2, 0.25) is 5.02 Å². The molecule has 0 radical (unpaired) electrons. The summed E-state index contributed by atoms with van der Waals surface area (Å²) in [6.07, 6.45) is -0.0717. The predicted octanol–water partition coefficient (Wildman–Crippen LogP) is 4.92. The number of hydrogen-bond acceptors (Lipinski definition) is 3. The summed E-state index contributed by atoms with van der Waals surface area (Å²) in [4.78, 5) is 24.4. The van der Waals surface area contributed by atoms with Crippen molar-refractivity contribution in [3.05, 3.63) is 63.6 Å². The first kappa shape index (κ1) is 17.1. The third-order valence-electron chi connectivity index (χ3n) is 2.90. The van der Waals surface area contributed by atoms with Gasteiger partial charge in [-0.25, -0.2) is 0 Å². The monoisotopic (exact) mass is 398 g/mol. The van der Waals surface area contributed by atoms with E-state index in [1.54, 1.807) is 24.3 Å². The highest BCUT2D eigenvalue weighted by atomic mass is 79.9. The highest BCUT2D eigenvalue weighted by Crippen LogP contribution is 2.28. The Balaban J connectivity index is 2.08. The number of aliphatic carboxylic acids is 1. The second kappa shape index (κ2) is 7.81. The summed E-state index contributed by atoms with van der Waals surface area (Å²) in [5.74, 6) is -1.22. The van der Waals surface area contributed by atoms with Crippen LogP contribution in [0, 0.1) is 0 Å². The SMILES string of the molecule is O=C(CC(Sc1ccc(Br)cc1)C(=O)O)c1ccc(Cl)cc1. The predicted molar refractivity (Wildman–Crippen MR) is 91.8 cm³/mol. The van der Waals surface area contributed by atoms with E-state index in [9.17, 15) is 14.7 Å². The largest absolute Gasteiger partial charge is 0.480 e. The lowest BCUT2D eigenvalue weighted by molar-refractivity contribution is -0.136. The van der Waals surface area contributed by atoms with E-state index in [2.05, 4.69) is 15.9 Å². The lowest BCUT2D eigenvalue weighted by Gasteiger charge is -2.11. The lowest BCUT2D eigenvalue weighted by atomic mass is 10.1. The number of halogens is 2. The Morgan fingerprint density at radius 1 is 1.09 bits per heavy atom. The zero-order chi connectivity index (χ0) is 16.1. The van der Waals surface area contributed by atoms with Crippen molar-refractivity contribution in [2.24, 2.45) is 0 Å². The van der Waals surface area contributed by atoms with Crippen molar-refractivity contribution < 1.29 is 14.7 Å². The van der Waals surface area contributed by atoms with Gasteiger partial charge in [-0.1, -0.05) is 27.5 Å². The van der Waals surface area contributed by atoms with Crippen LogP contribution < -0.4 is 0 Å². The molecular weight excluding hydrogens is 388 g/mol. The molecule has 6 heteroatoms. The quantitative estimate of drug-likeness (QED) is 0.553. The zero-order valence-electron chi connectivity index (χ0n) is 11.3. The minimum absolute atomic E-state index is 0.0717. The van der Waals surface area contributed by atoms with Gasteiger partial charge in [-0.15, -0.1) is 11.8 Å². The fourth-order valence-corrected chi connectivity index (χ4v) is 3.13. The van der Waals surface area contributed by atoms with Crippen LogP contribution in [0.25, 0.3) is 0 Å². The summed E-state index contributed by atoms with van der Waals surface area (Å²) in [6, 6.07) is 13.8. The number of Topliss-reactive ketones (excluding diaryl/α,β-unsaturated/α-hetero) is 1. The molecule has 2 aromatic carbocycles. The summed E-state index contributed by atoms with van der Waals surface area (Å²) in [7, 11) is 0. The first-order chi connectivity index (χ1) is 10.5. The molecule has 1 atom stereocenters. The third kappa shape index (κ3) is 4.87. The van der Waals surface area contributed by atoms with Gasteiger partial charge in [0.1, 0.15) is 5.25 Å². The minimum atomic E-state index is -1.00. The summed E-state index contributed by atoms with van der Waals surface area (Å²) in [5, 5.41) is 9.03. The number of carbonyl (C=O) groups excluding carboxylic acids is 1. The van der Waals surface area contributed by atoms with E-state index in [1.807, 2.05) is 24.3 Å². The van der Waals surface area contributed by atoms with Crippen LogP contribution >= 0.6 is 39.3 Å². The van der Waals surface area contributed by atoms with Crippen LogP contribution in [0.4, 0.5) is 0 Å². The van der Waals surface area contributed by atoms with Crippen molar-refractivity contribution in [3.8, 4) is 0 Å². The van der Waals surface area contributed by atoms with Gasteiger partial charge in [0, 0.05) is 26.4 Å². The van der Waals surface area contributed by atoms with Crippen LogP contribution in [0.1, 0.15) is 16.8 Å². The average Bonchev–Trinajstić information content (AvgIpc) is 2.49. The Morgan fingerprint density at radius 2 is 1.68 bits per heavy atom. The number of ketones is 1. The molecule has 22 heavy (non-hydrogen) atoms. The molecule has 0 aliphatic rings. The average molecular weight is 400 g/mol. The van der Waals surface area contributed by atoms with Gasteiger partial charge in [-0.2, -0.15) is 0 Å². The van der Waals surface area contributed by atoms with E-state index in [0.29, 0.717) is 10.6 Å². The summed E-state index contributed by atoms with van der Waals surface area (Å²) >= 11 is 10.3. The number of carboxylic acid groups (broad SMARTS) is 1. The maximum atomic E-state index is 12.2. The van der Waals surface area contributed by atoms with Crippen LogP contribution in [0.5, 0.6) is 0 Å².